The average molecular weight is 518 g/mol. The van der Waals surface area contributed by atoms with Crippen LogP contribution in [0.15, 0.2) is 4.99 Å². The maximum Gasteiger partial charge on any atom is 0.310 e. The standard InChI is InChI=1S/C20H34N6O2.HI/c1-3-28-19(27)16-9-8-13-25(15-16)20(21-2)22-12-7-11-18-24-23-17-10-5-4-6-14-26(17)18;/h16H,3-15H2,1-2H3,(H,21,22);1H. The van der Waals surface area contributed by atoms with Crippen molar-refractivity contribution in [3.8, 4) is 0 Å². The molecule has 3 rings (SSSR count). The first-order valence-electron chi connectivity index (χ1n) is 10.8. The molecule has 1 fully saturated rings. The third-order valence-electron chi connectivity index (χ3n) is 5.60. The number of guanidine groups is 1. The minimum atomic E-state index is -0.0878. The number of hydrogen-bond donors (Lipinski definition) is 1. The Morgan fingerprint density at radius 1 is 1.24 bits per heavy atom. The van der Waals surface area contributed by atoms with E-state index < -0.39 is 0 Å². The Kier molecular flexibility index (Phi) is 10.2. The number of fused-ring (bicyclic) bond motifs is 1. The molecule has 0 spiro atoms. The summed E-state index contributed by atoms with van der Waals surface area (Å²) in [6.45, 7) is 5.77. The van der Waals surface area contributed by atoms with Crippen LogP contribution in [0.1, 0.15) is 57.1 Å². The van der Waals surface area contributed by atoms with E-state index in [-0.39, 0.29) is 35.9 Å². The van der Waals surface area contributed by atoms with Gasteiger partial charge in [-0.25, -0.2) is 0 Å². The van der Waals surface area contributed by atoms with E-state index in [4.69, 9.17) is 4.74 Å². The summed E-state index contributed by atoms with van der Waals surface area (Å²) in [6.07, 6.45) is 8.55. The predicted octanol–water partition coefficient (Wildman–Crippen LogP) is 2.41. The molecule has 9 heteroatoms. The van der Waals surface area contributed by atoms with E-state index in [0.717, 1.165) is 69.3 Å². The van der Waals surface area contributed by atoms with Crippen LogP contribution in [0, 0.1) is 5.92 Å². The zero-order valence-electron chi connectivity index (χ0n) is 17.7. The third-order valence-corrected chi connectivity index (χ3v) is 5.60. The van der Waals surface area contributed by atoms with Gasteiger partial charge in [0.1, 0.15) is 11.6 Å². The molecule has 2 aliphatic rings. The quantitative estimate of drug-likeness (QED) is 0.205. The van der Waals surface area contributed by atoms with E-state index in [0.29, 0.717) is 13.2 Å². The molecule has 164 valence electrons. The summed E-state index contributed by atoms with van der Waals surface area (Å²) in [5.41, 5.74) is 0. The van der Waals surface area contributed by atoms with Crippen LogP contribution in [0.2, 0.25) is 0 Å². The van der Waals surface area contributed by atoms with Crippen molar-refractivity contribution >= 4 is 35.9 Å². The van der Waals surface area contributed by atoms with Crippen LogP contribution in [0.4, 0.5) is 0 Å². The number of nitrogens with one attached hydrogen (secondary N) is 1. The highest BCUT2D eigenvalue weighted by Crippen LogP contribution is 2.18. The van der Waals surface area contributed by atoms with Gasteiger partial charge in [-0.15, -0.1) is 34.2 Å². The van der Waals surface area contributed by atoms with Gasteiger partial charge in [-0.1, -0.05) is 6.42 Å². The lowest BCUT2D eigenvalue weighted by atomic mass is 9.98. The van der Waals surface area contributed by atoms with Crippen molar-refractivity contribution in [3.05, 3.63) is 11.6 Å². The summed E-state index contributed by atoms with van der Waals surface area (Å²) in [5.74, 6) is 2.98. The SMILES string of the molecule is CCOC(=O)C1CCCN(C(=NC)NCCCc2nnc3n2CCCCC3)C1.I. The molecule has 8 nitrogen and oxygen atoms in total. The molecule has 1 atom stereocenters. The molecule has 0 aromatic carbocycles. The lowest BCUT2D eigenvalue weighted by molar-refractivity contribution is -0.149. The van der Waals surface area contributed by atoms with Crippen molar-refractivity contribution in [2.24, 2.45) is 10.9 Å². The normalized spacial score (nSPS) is 19.7. The van der Waals surface area contributed by atoms with Crippen molar-refractivity contribution in [3.63, 3.8) is 0 Å². The number of carbonyl (C=O) groups is 1. The molecule has 1 unspecified atom stereocenters. The zero-order valence-corrected chi connectivity index (χ0v) is 20.1. The van der Waals surface area contributed by atoms with Gasteiger partial charge in [0.05, 0.1) is 12.5 Å². The van der Waals surface area contributed by atoms with Crippen molar-refractivity contribution < 1.29 is 9.53 Å². The zero-order chi connectivity index (χ0) is 19.8. The summed E-state index contributed by atoms with van der Waals surface area (Å²) in [4.78, 5) is 18.7. The van der Waals surface area contributed by atoms with Gasteiger partial charge in [-0.3, -0.25) is 9.79 Å². The second kappa shape index (κ2) is 12.3. The lowest BCUT2D eigenvalue weighted by Gasteiger charge is -2.33. The summed E-state index contributed by atoms with van der Waals surface area (Å²) in [7, 11) is 1.80. The third kappa shape index (κ3) is 6.55. The summed E-state index contributed by atoms with van der Waals surface area (Å²) < 4.78 is 7.51. The van der Waals surface area contributed by atoms with Gasteiger partial charge in [-0.2, -0.15) is 0 Å². The number of aryl methyl sites for hydroxylation is 2. The Labute approximate surface area is 190 Å². The highest BCUT2D eigenvalue weighted by molar-refractivity contribution is 14.0. The van der Waals surface area contributed by atoms with Crippen LogP contribution in [0.3, 0.4) is 0 Å². The van der Waals surface area contributed by atoms with Crippen LogP contribution in [0.5, 0.6) is 0 Å². The maximum atomic E-state index is 12.1. The van der Waals surface area contributed by atoms with E-state index in [1.807, 2.05) is 6.92 Å². The molecule has 0 saturated carbocycles. The van der Waals surface area contributed by atoms with E-state index >= 15 is 0 Å². The average Bonchev–Trinajstić information content (AvgIpc) is 2.94. The van der Waals surface area contributed by atoms with Crippen molar-refractivity contribution in [2.75, 3.05) is 33.3 Å². The number of likely N-dealkylation sites (tertiary alicyclic amines) is 1. The van der Waals surface area contributed by atoms with Crippen LogP contribution in [0.25, 0.3) is 0 Å². The first-order valence-corrected chi connectivity index (χ1v) is 10.8. The van der Waals surface area contributed by atoms with Gasteiger partial charge in [0.2, 0.25) is 0 Å². The van der Waals surface area contributed by atoms with E-state index in [1.165, 1.54) is 19.3 Å². The second-order valence-electron chi connectivity index (χ2n) is 7.61. The minimum Gasteiger partial charge on any atom is -0.466 e. The molecule has 1 saturated heterocycles. The summed E-state index contributed by atoms with van der Waals surface area (Å²) in [6, 6.07) is 0. The molecule has 0 amide bonds. The van der Waals surface area contributed by atoms with Gasteiger partial charge >= 0.3 is 5.97 Å². The van der Waals surface area contributed by atoms with Gasteiger partial charge in [0.15, 0.2) is 5.96 Å². The Morgan fingerprint density at radius 2 is 2.10 bits per heavy atom. The molecule has 0 bridgehead atoms. The van der Waals surface area contributed by atoms with E-state index in [1.54, 1.807) is 7.05 Å². The molecule has 29 heavy (non-hydrogen) atoms. The molecular formula is C20H35IN6O2. The van der Waals surface area contributed by atoms with Gasteiger partial charge in [0, 0.05) is 46.1 Å². The van der Waals surface area contributed by atoms with Crippen LogP contribution in [-0.2, 0) is 28.9 Å². The van der Waals surface area contributed by atoms with Crippen molar-refractivity contribution in [1.82, 2.24) is 25.0 Å². The predicted molar refractivity (Wildman–Crippen MR) is 124 cm³/mol. The number of carbonyl (C=O) groups excluding carboxylic acids is 1. The lowest BCUT2D eigenvalue weighted by Crippen LogP contribution is -2.48. The van der Waals surface area contributed by atoms with Crippen LogP contribution >= 0.6 is 24.0 Å². The number of nitrogens with zero attached hydrogens (tertiary/aromatic N) is 5. The molecule has 2 aliphatic heterocycles. The number of aromatic nitrogens is 3. The number of piperidine rings is 1. The molecular weight excluding hydrogens is 483 g/mol. The van der Waals surface area contributed by atoms with E-state index in [2.05, 4.69) is 30.0 Å². The molecule has 0 aliphatic carbocycles. The first-order chi connectivity index (χ1) is 13.7. The fourth-order valence-electron chi connectivity index (χ4n) is 4.13. The molecule has 3 heterocycles. The molecule has 1 aromatic heterocycles. The number of hydrogen-bond acceptors (Lipinski definition) is 5. The fourth-order valence-corrected chi connectivity index (χ4v) is 4.13. The number of ether oxygens (including phenoxy) is 1. The summed E-state index contributed by atoms with van der Waals surface area (Å²) >= 11 is 0. The molecule has 0 radical (unpaired) electrons. The number of halogens is 1. The van der Waals surface area contributed by atoms with Gasteiger partial charge in [0.25, 0.3) is 0 Å². The highest BCUT2D eigenvalue weighted by atomic mass is 127. The van der Waals surface area contributed by atoms with Crippen LogP contribution < -0.4 is 5.32 Å². The van der Waals surface area contributed by atoms with Gasteiger partial charge < -0.3 is 19.5 Å². The van der Waals surface area contributed by atoms with Crippen molar-refractivity contribution in [1.29, 1.82) is 0 Å². The van der Waals surface area contributed by atoms with Gasteiger partial charge in [-0.05, 0) is 39.0 Å². The minimum absolute atomic E-state index is 0. The Bertz CT molecular complexity index is 678. The van der Waals surface area contributed by atoms with Crippen molar-refractivity contribution in [2.45, 2.75) is 64.8 Å². The Hall–Kier alpha value is -1.39. The Balaban J connectivity index is 0.00000300. The fraction of sp³-hybridized carbons (Fsp3) is 0.800. The highest BCUT2D eigenvalue weighted by Gasteiger charge is 2.28. The summed E-state index contributed by atoms with van der Waals surface area (Å²) in [5, 5.41) is 12.2. The molecule has 1 aromatic rings. The molecule has 1 N–H and O–H groups in total. The van der Waals surface area contributed by atoms with Crippen LogP contribution in [-0.4, -0.2) is 64.9 Å². The van der Waals surface area contributed by atoms with E-state index in [9.17, 15) is 4.79 Å². The number of esters is 1. The second-order valence-corrected chi connectivity index (χ2v) is 7.61. The Morgan fingerprint density at radius 3 is 2.90 bits per heavy atom. The number of rotatable bonds is 6. The number of aliphatic imine (C=N–C) groups is 1. The first kappa shape index (κ1) is 23.9. The largest absolute Gasteiger partial charge is 0.466 e. The maximum absolute atomic E-state index is 12.1. The monoisotopic (exact) mass is 518 g/mol. The topological polar surface area (TPSA) is 84.6 Å². The smallest absolute Gasteiger partial charge is 0.310 e.